The van der Waals surface area contributed by atoms with Gasteiger partial charge >= 0.3 is 0 Å². The topological polar surface area (TPSA) is 77.8 Å². The normalized spacial score (nSPS) is 12.3. The van der Waals surface area contributed by atoms with Crippen LogP contribution in [0.5, 0.6) is 0 Å². The fourth-order valence-electron chi connectivity index (χ4n) is 2.89. The highest BCUT2D eigenvalue weighted by Crippen LogP contribution is 2.16. The molecule has 0 spiro atoms. The van der Waals surface area contributed by atoms with Crippen molar-refractivity contribution in [3.63, 3.8) is 0 Å². The molecule has 1 aromatic carbocycles. The van der Waals surface area contributed by atoms with Gasteiger partial charge in [-0.25, -0.2) is 9.97 Å². The summed E-state index contributed by atoms with van der Waals surface area (Å²) in [7, 11) is 1.71. The van der Waals surface area contributed by atoms with E-state index in [2.05, 4.69) is 56.0 Å². The number of nitrogens with one attached hydrogen (secondary N) is 1. The van der Waals surface area contributed by atoms with E-state index in [0.29, 0.717) is 6.54 Å². The molecule has 1 atom stereocenters. The van der Waals surface area contributed by atoms with Crippen LogP contribution in [-0.2, 0) is 17.8 Å². The predicted octanol–water partition coefficient (Wildman–Crippen LogP) is 2.93. The van der Waals surface area contributed by atoms with Crippen LogP contribution >= 0.6 is 0 Å². The smallest absolute Gasteiger partial charge is 0.159 e. The van der Waals surface area contributed by atoms with Gasteiger partial charge in [-0.05, 0) is 26.3 Å². The minimum atomic E-state index is 0.0755. The lowest BCUT2D eigenvalue weighted by Gasteiger charge is -2.14. The first-order valence-electron chi connectivity index (χ1n) is 9.15. The number of benzene rings is 1. The minimum Gasteiger partial charge on any atom is -0.385 e. The van der Waals surface area contributed by atoms with Gasteiger partial charge in [0.15, 0.2) is 5.82 Å². The molecule has 0 bridgehead atoms. The van der Waals surface area contributed by atoms with Crippen molar-refractivity contribution in [2.45, 2.75) is 39.4 Å². The Morgan fingerprint density at radius 2 is 2.04 bits per heavy atom. The number of hydrogen-bond donors (Lipinski definition) is 1. The summed E-state index contributed by atoms with van der Waals surface area (Å²) in [5, 5.41) is 11.8. The van der Waals surface area contributed by atoms with Gasteiger partial charge in [0.2, 0.25) is 0 Å². The summed E-state index contributed by atoms with van der Waals surface area (Å²) < 4.78 is 7.17. The van der Waals surface area contributed by atoms with Crippen molar-refractivity contribution < 1.29 is 4.74 Å². The minimum absolute atomic E-state index is 0.0755. The molecule has 0 radical (unpaired) electrons. The molecular weight excluding hydrogens is 340 g/mol. The molecule has 0 saturated heterocycles. The van der Waals surface area contributed by atoms with Crippen molar-refractivity contribution in [1.82, 2.24) is 30.0 Å². The van der Waals surface area contributed by atoms with Gasteiger partial charge in [-0.2, -0.15) is 0 Å². The molecule has 7 nitrogen and oxygen atoms in total. The van der Waals surface area contributed by atoms with Crippen molar-refractivity contribution >= 4 is 0 Å². The monoisotopic (exact) mass is 366 g/mol. The Morgan fingerprint density at radius 1 is 1.22 bits per heavy atom. The molecule has 0 aliphatic heterocycles. The summed E-state index contributed by atoms with van der Waals surface area (Å²) in [6.07, 6.45) is 6.44. The van der Waals surface area contributed by atoms with Crippen molar-refractivity contribution in [3.8, 4) is 11.4 Å². The van der Waals surface area contributed by atoms with E-state index in [1.54, 1.807) is 13.4 Å². The molecule has 1 N–H and O–H groups in total. The summed E-state index contributed by atoms with van der Waals surface area (Å²) in [5.74, 6) is 1.66. The highest BCUT2D eigenvalue weighted by Gasteiger charge is 2.13. The highest BCUT2D eigenvalue weighted by atomic mass is 16.5. The SMILES string of the molecule is COCCCn1cnnc1[C@H](C)NCc1cnc(-c2cccc(C)c2)nc1. The Balaban J connectivity index is 1.58. The van der Waals surface area contributed by atoms with Crippen molar-refractivity contribution in [2.24, 2.45) is 0 Å². The van der Waals surface area contributed by atoms with Gasteiger partial charge in [0.05, 0.1) is 6.04 Å². The zero-order valence-electron chi connectivity index (χ0n) is 16.1. The second-order valence-corrected chi connectivity index (χ2v) is 6.62. The summed E-state index contributed by atoms with van der Waals surface area (Å²) in [6.45, 7) is 6.39. The van der Waals surface area contributed by atoms with Crippen LogP contribution in [0.25, 0.3) is 11.4 Å². The largest absolute Gasteiger partial charge is 0.385 e. The van der Waals surface area contributed by atoms with E-state index in [4.69, 9.17) is 4.74 Å². The van der Waals surface area contributed by atoms with E-state index in [1.165, 1.54) is 5.56 Å². The number of methoxy groups -OCH3 is 1. The number of ether oxygens (including phenoxy) is 1. The Kier molecular flexibility index (Phi) is 6.62. The Labute approximate surface area is 159 Å². The number of aromatic nitrogens is 5. The molecule has 142 valence electrons. The lowest BCUT2D eigenvalue weighted by Crippen LogP contribution is -2.22. The first kappa shape index (κ1) is 19.1. The fourth-order valence-corrected chi connectivity index (χ4v) is 2.89. The molecule has 0 amide bonds. The van der Waals surface area contributed by atoms with Crippen LogP contribution in [-0.4, -0.2) is 38.4 Å². The highest BCUT2D eigenvalue weighted by molar-refractivity contribution is 5.55. The average molecular weight is 366 g/mol. The van der Waals surface area contributed by atoms with Crippen molar-refractivity contribution in [2.75, 3.05) is 13.7 Å². The Hall–Kier alpha value is -2.64. The molecule has 0 unspecified atom stereocenters. The summed E-state index contributed by atoms with van der Waals surface area (Å²) in [4.78, 5) is 9.00. The second-order valence-electron chi connectivity index (χ2n) is 6.62. The average Bonchev–Trinajstić information content (AvgIpc) is 3.15. The lowest BCUT2D eigenvalue weighted by atomic mass is 10.1. The molecule has 2 aromatic heterocycles. The summed E-state index contributed by atoms with van der Waals surface area (Å²) in [5.41, 5.74) is 3.26. The molecule has 27 heavy (non-hydrogen) atoms. The van der Waals surface area contributed by atoms with Crippen LogP contribution < -0.4 is 5.32 Å². The maximum atomic E-state index is 5.11. The third kappa shape index (κ3) is 5.18. The van der Waals surface area contributed by atoms with E-state index >= 15 is 0 Å². The fraction of sp³-hybridized carbons (Fsp3) is 0.400. The molecule has 2 heterocycles. The zero-order valence-corrected chi connectivity index (χ0v) is 16.1. The number of hydrogen-bond acceptors (Lipinski definition) is 6. The third-order valence-electron chi connectivity index (χ3n) is 4.37. The third-order valence-corrected chi connectivity index (χ3v) is 4.37. The van der Waals surface area contributed by atoms with E-state index < -0.39 is 0 Å². The molecule has 7 heteroatoms. The van der Waals surface area contributed by atoms with Gasteiger partial charge in [0.1, 0.15) is 12.2 Å². The predicted molar refractivity (Wildman–Crippen MR) is 104 cm³/mol. The standard InChI is InChI=1S/C20H26N6O/c1-15-6-4-7-18(10-15)19-22-12-17(13-23-19)11-21-16(2)20-25-24-14-26(20)8-5-9-27-3/h4,6-7,10,12-14,16,21H,5,8-9,11H2,1-3H3/t16-/m0/s1. The molecular formula is C20H26N6O. The number of nitrogens with zero attached hydrogens (tertiary/aromatic N) is 5. The van der Waals surface area contributed by atoms with E-state index in [9.17, 15) is 0 Å². The second kappa shape index (κ2) is 9.34. The Bertz CT molecular complexity index is 846. The summed E-state index contributed by atoms with van der Waals surface area (Å²) in [6, 6.07) is 8.28. The van der Waals surface area contributed by atoms with Gasteiger partial charge in [-0.1, -0.05) is 23.8 Å². The Morgan fingerprint density at radius 3 is 2.78 bits per heavy atom. The van der Waals surface area contributed by atoms with Crippen LogP contribution in [0.4, 0.5) is 0 Å². The lowest BCUT2D eigenvalue weighted by molar-refractivity contribution is 0.189. The van der Waals surface area contributed by atoms with E-state index in [-0.39, 0.29) is 6.04 Å². The molecule has 0 aliphatic carbocycles. The molecule has 3 aromatic rings. The molecule has 3 rings (SSSR count). The van der Waals surface area contributed by atoms with Crippen LogP contribution in [0, 0.1) is 6.92 Å². The first-order valence-corrected chi connectivity index (χ1v) is 9.15. The van der Waals surface area contributed by atoms with Crippen molar-refractivity contribution in [3.05, 3.63) is 59.9 Å². The maximum absolute atomic E-state index is 5.11. The first-order chi connectivity index (χ1) is 13.2. The van der Waals surface area contributed by atoms with Crippen LogP contribution in [0.3, 0.4) is 0 Å². The molecule has 0 saturated carbocycles. The van der Waals surface area contributed by atoms with Gasteiger partial charge in [-0.3, -0.25) is 0 Å². The van der Waals surface area contributed by atoms with Gasteiger partial charge in [-0.15, -0.1) is 10.2 Å². The molecule has 0 aliphatic rings. The van der Waals surface area contributed by atoms with Gasteiger partial charge in [0.25, 0.3) is 0 Å². The number of rotatable bonds is 9. The van der Waals surface area contributed by atoms with Crippen LogP contribution in [0.1, 0.15) is 36.3 Å². The summed E-state index contributed by atoms with van der Waals surface area (Å²) >= 11 is 0. The zero-order chi connectivity index (χ0) is 19.1. The molecule has 0 fully saturated rings. The van der Waals surface area contributed by atoms with E-state index in [0.717, 1.165) is 42.3 Å². The number of aryl methyl sites for hydroxylation is 2. The van der Waals surface area contributed by atoms with E-state index in [1.807, 2.05) is 24.5 Å². The quantitative estimate of drug-likeness (QED) is 0.587. The van der Waals surface area contributed by atoms with Crippen LogP contribution in [0.15, 0.2) is 43.0 Å². The van der Waals surface area contributed by atoms with Gasteiger partial charge < -0.3 is 14.6 Å². The van der Waals surface area contributed by atoms with Crippen LogP contribution in [0.2, 0.25) is 0 Å². The maximum Gasteiger partial charge on any atom is 0.159 e. The van der Waals surface area contributed by atoms with Gasteiger partial charge in [0, 0.05) is 50.3 Å². The van der Waals surface area contributed by atoms with Crippen molar-refractivity contribution in [1.29, 1.82) is 0 Å².